The Kier molecular flexibility index (Phi) is 4.88. The van der Waals surface area contributed by atoms with Crippen molar-refractivity contribution in [2.24, 2.45) is 5.41 Å². The van der Waals surface area contributed by atoms with Gasteiger partial charge in [0.15, 0.2) is 0 Å². The Hall–Kier alpha value is -3.61. The molecule has 0 spiro atoms. The molecule has 2 heterocycles. The van der Waals surface area contributed by atoms with E-state index in [-0.39, 0.29) is 43.9 Å². The molecule has 7 rings (SSSR count). The molecule has 0 unspecified atom stereocenters. The normalized spacial score (nSPS) is 24.9. The summed E-state index contributed by atoms with van der Waals surface area (Å²) in [4.78, 5) is 16.2. The van der Waals surface area contributed by atoms with Gasteiger partial charge >= 0.3 is 6.18 Å². The Morgan fingerprint density at radius 1 is 1.19 bits per heavy atom. The van der Waals surface area contributed by atoms with Crippen molar-refractivity contribution in [2.75, 3.05) is 5.73 Å². The molecule has 0 radical (unpaired) electrons. The number of hydrogen-bond donors (Lipinski definition) is 1. The van der Waals surface area contributed by atoms with Crippen LogP contribution in [-0.2, 0) is 23.1 Å². The van der Waals surface area contributed by atoms with Gasteiger partial charge in [-0.2, -0.15) is 18.3 Å². The van der Waals surface area contributed by atoms with Gasteiger partial charge in [-0.1, -0.05) is 29.4 Å². The van der Waals surface area contributed by atoms with Gasteiger partial charge in [0.2, 0.25) is 0 Å². The van der Waals surface area contributed by atoms with E-state index in [4.69, 9.17) is 16.8 Å². The number of carbonyl (C=O) groups is 1. The van der Waals surface area contributed by atoms with Crippen molar-refractivity contribution in [2.45, 2.75) is 69.0 Å². The number of benzene rings is 1. The molecular weight excluding hydrogens is 471 g/mol. The molecule has 1 aromatic carbocycles. The Bertz CT molecular complexity index is 1370. The van der Waals surface area contributed by atoms with Crippen LogP contribution in [0.2, 0.25) is 0 Å². The molecule has 4 aliphatic rings. The van der Waals surface area contributed by atoms with Crippen molar-refractivity contribution < 1.29 is 22.5 Å². The first-order valence-corrected chi connectivity index (χ1v) is 12.0. The lowest BCUT2D eigenvalue weighted by atomic mass is 9.34. The molecule has 4 aliphatic carbocycles. The molecule has 36 heavy (non-hydrogen) atoms. The fourth-order valence-corrected chi connectivity index (χ4v) is 5.92. The van der Waals surface area contributed by atoms with E-state index in [2.05, 4.69) is 15.1 Å². The van der Waals surface area contributed by atoms with Crippen LogP contribution in [0.5, 0.6) is 0 Å². The fourth-order valence-electron chi connectivity index (χ4n) is 5.92. The number of halogens is 3. The van der Waals surface area contributed by atoms with Gasteiger partial charge in [-0.25, -0.2) is 4.85 Å². The van der Waals surface area contributed by atoms with Crippen LogP contribution in [0.15, 0.2) is 34.9 Å². The zero-order chi connectivity index (χ0) is 25.3. The summed E-state index contributed by atoms with van der Waals surface area (Å²) in [5.74, 6) is 0.675. The second-order valence-electron chi connectivity index (χ2n) is 10.6. The van der Waals surface area contributed by atoms with Gasteiger partial charge in [0, 0.05) is 17.9 Å². The van der Waals surface area contributed by atoms with E-state index < -0.39 is 17.0 Å². The zero-order valence-corrected chi connectivity index (χ0v) is 19.4. The minimum absolute atomic E-state index is 0.0272. The molecule has 7 nitrogen and oxygen atoms in total. The first-order valence-electron chi connectivity index (χ1n) is 12.0. The summed E-state index contributed by atoms with van der Waals surface area (Å²) < 4.78 is 46.4. The molecule has 186 valence electrons. The summed E-state index contributed by atoms with van der Waals surface area (Å²) in [5.41, 5.74) is 7.05. The SMILES string of the molecule is [C-]#[N+]c1c(-c2ccc(CC(=O)Cc3cc(C45CC(C(F)(F)F)(C4)C5)no3)cc2)nn(C2CCC2)c1N. The van der Waals surface area contributed by atoms with Gasteiger partial charge in [0.1, 0.15) is 23.1 Å². The van der Waals surface area contributed by atoms with E-state index in [1.165, 1.54) is 0 Å². The Morgan fingerprint density at radius 3 is 2.47 bits per heavy atom. The van der Waals surface area contributed by atoms with Gasteiger partial charge in [-0.3, -0.25) is 9.48 Å². The Labute approximate surface area is 205 Å². The highest BCUT2D eigenvalue weighted by atomic mass is 19.4. The minimum Gasteiger partial charge on any atom is -0.393 e. The number of nitrogens with zero attached hydrogens (tertiary/aromatic N) is 4. The average Bonchev–Trinajstić information content (AvgIpc) is 3.29. The summed E-state index contributed by atoms with van der Waals surface area (Å²) in [6, 6.07) is 9.18. The van der Waals surface area contributed by atoms with Crippen LogP contribution in [0.1, 0.15) is 61.6 Å². The maximum atomic E-state index is 13.1. The topological polar surface area (TPSA) is 91.3 Å². The Balaban J connectivity index is 1.09. The molecule has 2 N–H and O–H groups in total. The van der Waals surface area contributed by atoms with E-state index in [0.717, 1.165) is 30.4 Å². The summed E-state index contributed by atoms with van der Waals surface area (Å²) in [6.45, 7) is 7.52. The molecule has 0 aliphatic heterocycles. The number of carbonyl (C=O) groups excluding carboxylic acids is 1. The van der Waals surface area contributed by atoms with Crippen LogP contribution >= 0.6 is 0 Å². The van der Waals surface area contributed by atoms with E-state index >= 15 is 0 Å². The first-order chi connectivity index (χ1) is 17.1. The maximum absolute atomic E-state index is 13.1. The van der Waals surface area contributed by atoms with Crippen LogP contribution in [0.3, 0.4) is 0 Å². The summed E-state index contributed by atoms with van der Waals surface area (Å²) in [6.07, 6.45) is -0.678. The van der Waals surface area contributed by atoms with Crippen LogP contribution in [0.25, 0.3) is 16.1 Å². The fraction of sp³-hybridized carbons (Fsp3) is 0.462. The number of anilines is 1. The van der Waals surface area contributed by atoms with Crippen LogP contribution in [0.4, 0.5) is 24.7 Å². The van der Waals surface area contributed by atoms with Crippen molar-refractivity contribution in [3.63, 3.8) is 0 Å². The monoisotopic (exact) mass is 495 g/mol. The molecule has 4 saturated carbocycles. The molecule has 0 amide bonds. The number of aromatic nitrogens is 3. The van der Waals surface area contributed by atoms with Gasteiger partial charge in [0.05, 0.1) is 30.1 Å². The molecule has 2 bridgehead atoms. The summed E-state index contributed by atoms with van der Waals surface area (Å²) >= 11 is 0. The molecular formula is C26H24F3N5O2. The second kappa shape index (κ2) is 7.69. The van der Waals surface area contributed by atoms with Crippen LogP contribution in [0, 0.1) is 12.0 Å². The van der Waals surface area contributed by atoms with Crippen molar-refractivity contribution in [1.29, 1.82) is 0 Å². The maximum Gasteiger partial charge on any atom is 0.394 e. The van der Waals surface area contributed by atoms with Gasteiger partial charge in [0.25, 0.3) is 5.69 Å². The zero-order valence-electron chi connectivity index (χ0n) is 19.4. The number of nitrogens with two attached hydrogens (primary N) is 1. The van der Waals surface area contributed by atoms with Gasteiger partial charge in [-0.05, 0) is 49.7 Å². The predicted octanol–water partition coefficient (Wildman–Crippen LogP) is 5.73. The quantitative estimate of drug-likeness (QED) is 0.423. The second-order valence-corrected chi connectivity index (χ2v) is 10.6. The highest BCUT2D eigenvalue weighted by molar-refractivity contribution is 5.84. The minimum atomic E-state index is -4.17. The van der Waals surface area contributed by atoms with Crippen molar-refractivity contribution >= 4 is 17.3 Å². The lowest BCUT2D eigenvalue weighted by Gasteiger charge is -2.69. The Morgan fingerprint density at radius 2 is 1.89 bits per heavy atom. The third-order valence-corrected chi connectivity index (χ3v) is 8.19. The van der Waals surface area contributed by atoms with E-state index in [1.807, 2.05) is 24.3 Å². The highest BCUT2D eigenvalue weighted by Gasteiger charge is 2.79. The molecule has 2 aromatic heterocycles. The van der Waals surface area contributed by atoms with E-state index in [9.17, 15) is 18.0 Å². The molecule has 0 atom stereocenters. The number of hydrogen-bond acceptors (Lipinski definition) is 5. The lowest BCUT2D eigenvalue weighted by molar-refractivity contribution is -0.338. The first kappa shape index (κ1) is 22.8. The number of ketones is 1. The van der Waals surface area contributed by atoms with Crippen molar-refractivity contribution in [3.05, 3.63) is 58.8 Å². The lowest BCUT2D eigenvalue weighted by Crippen LogP contribution is -2.70. The van der Waals surface area contributed by atoms with Gasteiger partial charge < -0.3 is 10.3 Å². The van der Waals surface area contributed by atoms with Gasteiger partial charge in [-0.15, -0.1) is 0 Å². The summed E-state index contributed by atoms with van der Waals surface area (Å²) in [5, 5.41) is 8.58. The molecule has 4 fully saturated rings. The standard InChI is InChI=1S/C26H24F3N5O2/c1-31-22-21(32-34(23(22)30)17-3-2-4-17)16-7-5-15(6-8-16)9-18(35)10-19-11-20(33-36-19)24-12-25(13-24,14-24)26(27,28)29/h5-8,11,17H,2-4,9-10,12-14,30H2. The number of nitrogen functional groups attached to an aromatic ring is 1. The number of alkyl halides is 3. The predicted molar refractivity (Wildman–Crippen MR) is 124 cm³/mol. The third-order valence-electron chi connectivity index (χ3n) is 8.19. The van der Waals surface area contributed by atoms with Crippen molar-refractivity contribution in [1.82, 2.24) is 14.9 Å². The van der Waals surface area contributed by atoms with E-state index in [0.29, 0.717) is 28.7 Å². The highest BCUT2D eigenvalue weighted by Crippen LogP contribution is 2.78. The molecule has 0 saturated heterocycles. The van der Waals surface area contributed by atoms with Crippen molar-refractivity contribution in [3.8, 4) is 11.3 Å². The third kappa shape index (κ3) is 3.36. The van der Waals surface area contributed by atoms with E-state index in [1.54, 1.807) is 10.7 Å². The number of Topliss-reactive ketones (excluding diaryl/α,β-unsaturated/α-hetero) is 1. The largest absolute Gasteiger partial charge is 0.394 e. The van der Waals surface area contributed by atoms with Crippen LogP contribution in [-0.4, -0.2) is 26.9 Å². The molecule has 3 aromatic rings. The number of rotatable bonds is 7. The van der Waals surface area contributed by atoms with Crippen LogP contribution < -0.4 is 5.73 Å². The smallest absolute Gasteiger partial charge is 0.393 e. The summed E-state index contributed by atoms with van der Waals surface area (Å²) in [7, 11) is 0. The molecule has 10 heteroatoms. The average molecular weight is 496 g/mol.